The second-order valence-corrected chi connectivity index (χ2v) is 5.91. The fourth-order valence-electron chi connectivity index (χ4n) is 2.24. The molecule has 2 aromatic rings. The van der Waals surface area contributed by atoms with Crippen molar-refractivity contribution in [2.75, 3.05) is 14.2 Å². The van der Waals surface area contributed by atoms with E-state index in [0.717, 1.165) is 27.2 Å². The van der Waals surface area contributed by atoms with E-state index in [2.05, 4.69) is 33.4 Å². The number of hydrogen-bond acceptors (Lipinski definition) is 2. The lowest BCUT2D eigenvalue weighted by Gasteiger charge is -2.20. The third-order valence-electron chi connectivity index (χ3n) is 3.25. The maximum absolute atomic E-state index is 6.05. The molecule has 1 unspecified atom stereocenters. The number of nitrogens with one attached hydrogen (secondary N) is 1. The van der Waals surface area contributed by atoms with Gasteiger partial charge in [0.05, 0.1) is 7.11 Å². The maximum Gasteiger partial charge on any atom is 0.124 e. The van der Waals surface area contributed by atoms with Gasteiger partial charge in [-0.25, -0.2) is 0 Å². The van der Waals surface area contributed by atoms with Crippen LogP contribution in [0.3, 0.4) is 0 Å². The fraction of sp³-hybridized carbons (Fsp3) is 0.250. The van der Waals surface area contributed by atoms with Crippen LogP contribution in [-0.2, 0) is 6.42 Å². The normalized spacial score (nSPS) is 12.2. The Morgan fingerprint density at radius 1 is 1.25 bits per heavy atom. The Balaban J connectivity index is 2.28. The lowest BCUT2D eigenvalue weighted by Crippen LogP contribution is -2.19. The van der Waals surface area contributed by atoms with Crippen LogP contribution < -0.4 is 10.1 Å². The van der Waals surface area contributed by atoms with Gasteiger partial charge >= 0.3 is 0 Å². The molecule has 106 valence electrons. The minimum absolute atomic E-state index is 0.177. The number of ether oxygens (including phenoxy) is 1. The van der Waals surface area contributed by atoms with Gasteiger partial charge in [0.15, 0.2) is 0 Å². The summed E-state index contributed by atoms with van der Waals surface area (Å²) in [7, 11) is 3.65. The van der Waals surface area contributed by atoms with Crippen LogP contribution in [0.2, 0.25) is 5.02 Å². The molecule has 1 N–H and O–H groups in total. The molecule has 1 atom stereocenters. The van der Waals surface area contributed by atoms with Crippen molar-refractivity contribution in [2.45, 2.75) is 12.5 Å². The smallest absolute Gasteiger partial charge is 0.124 e. The SMILES string of the molecule is CNC(Cc1cccc(Cl)c1)c1ccc(Br)cc1OC. The van der Waals surface area contributed by atoms with E-state index in [9.17, 15) is 0 Å². The van der Waals surface area contributed by atoms with Crippen LogP contribution in [0.25, 0.3) is 0 Å². The van der Waals surface area contributed by atoms with Crippen molar-refractivity contribution in [3.8, 4) is 5.75 Å². The molecular weight excluding hydrogens is 338 g/mol. The van der Waals surface area contributed by atoms with Crippen LogP contribution in [0.5, 0.6) is 5.75 Å². The summed E-state index contributed by atoms with van der Waals surface area (Å²) >= 11 is 9.51. The van der Waals surface area contributed by atoms with Gasteiger partial charge in [-0.1, -0.05) is 45.7 Å². The van der Waals surface area contributed by atoms with E-state index in [1.54, 1.807) is 7.11 Å². The van der Waals surface area contributed by atoms with E-state index in [1.807, 2.05) is 37.4 Å². The minimum Gasteiger partial charge on any atom is -0.496 e. The summed E-state index contributed by atoms with van der Waals surface area (Å²) in [6, 6.07) is 14.2. The Bertz CT molecular complexity index is 588. The summed E-state index contributed by atoms with van der Waals surface area (Å²) in [5.41, 5.74) is 2.33. The van der Waals surface area contributed by atoms with E-state index in [0.29, 0.717) is 0 Å². The molecule has 0 aromatic heterocycles. The number of likely N-dealkylation sites (N-methyl/N-ethyl adjacent to an activating group) is 1. The summed E-state index contributed by atoms with van der Waals surface area (Å²) in [5.74, 6) is 0.876. The van der Waals surface area contributed by atoms with Crippen LogP contribution in [0.15, 0.2) is 46.9 Å². The fourth-order valence-corrected chi connectivity index (χ4v) is 2.79. The van der Waals surface area contributed by atoms with Crippen molar-refractivity contribution in [1.29, 1.82) is 0 Å². The number of benzene rings is 2. The Morgan fingerprint density at radius 3 is 2.70 bits per heavy atom. The molecule has 20 heavy (non-hydrogen) atoms. The number of hydrogen-bond donors (Lipinski definition) is 1. The largest absolute Gasteiger partial charge is 0.496 e. The van der Waals surface area contributed by atoms with E-state index in [1.165, 1.54) is 5.56 Å². The highest BCUT2D eigenvalue weighted by atomic mass is 79.9. The van der Waals surface area contributed by atoms with Crippen molar-refractivity contribution in [3.05, 3.63) is 63.1 Å². The monoisotopic (exact) mass is 353 g/mol. The van der Waals surface area contributed by atoms with Gasteiger partial charge in [0.2, 0.25) is 0 Å². The average molecular weight is 355 g/mol. The molecule has 0 saturated carbocycles. The first-order chi connectivity index (χ1) is 9.63. The van der Waals surface area contributed by atoms with Gasteiger partial charge in [0, 0.05) is 21.1 Å². The third kappa shape index (κ3) is 3.75. The Kier molecular flexibility index (Phi) is 5.46. The highest BCUT2D eigenvalue weighted by Gasteiger charge is 2.15. The van der Waals surface area contributed by atoms with Crippen molar-refractivity contribution in [3.63, 3.8) is 0 Å². The summed E-state index contributed by atoms with van der Waals surface area (Å²) in [5, 5.41) is 4.11. The summed E-state index contributed by atoms with van der Waals surface area (Å²) in [4.78, 5) is 0. The summed E-state index contributed by atoms with van der Waals surface area (Å²) in [6.07, 6.45) is 0.856. The first-order valence-electron chi connectivity index (χ1n) is 6.39. The van der Waals surface area contributed by atoms with E-state index in [-0.39, 0.29) is 6.04 Å². The number of halogens is 2. The topological polar surface area (TPSA) is 21.3 Å². The molecule has 0 radical (unpaired) electrons. The zero-order valence-corrected chi connectivity index (χ0v) is 13.8. The molecule has 4 heteroatoms. The first kappa shape index (κ1) is 15.4. The molecule has 0 bridgehead atoms. The predicted octanol–water partition coefficient (Wildman–Crippen LogP) is 4.61. The first-order valence-corrected chi connectivity index (χ1v) is 7.56. The molecule has 0 aliphatic rings. The lowest BCUT2D eigenvalue weighted by molar-refractivity contribution is 0.401. The average Bonchev–Trinajstić information content (AvgIpc) is 2.45. The standard InChI is InChI=1S/C16H17BrClNO/c1-19-15(9-11-4-3-5-13(18)8-11)14-7-6-12(17)10-16(14)20-2/h3-8,10,15,19H,9H2,1-2H3. The van der Waals surface area contributed by atoms with Crippen LogP contribution in [0.1, 0.15) is 17.2 Å². The van der Waals surface area contributed by atoms with Crippen molar-refractivity contribution >= 4 is 27.5 Å². The molecule has 0 spiro atoms. The van der Waals surface area contributed by atoms with Gasteiger partial charge in [-0.3, -0.25) is 0 Å². The highest BCUT2D eigenvalue weighted by Crippen LogP contribution is 2.30. The molecule has 2 aromatic carbocycles. The van der Waals surface area contributed by atoms with E-state index >= 15 is 0 Å². The highest BCUT2D eigenvalue weighted by molar-refractivity contribution is 9.10. The predicted molar refractivity (Wildman–Crippen MR) is 87.7 cm³/mol. The third-order valence-corrected chi connectivity index (χ3v) is 3.98. The quantitative estimate of drug-likeness (QED) is 0.846. The Labute approximate surface area is 133 Å². The molecule has 0 heterocycles. The molecule has 2 rings (SSSR count). The second kappa shape index (κ2) is 7.11. The van der Waals surface area contributed by atoms with Crippen LogP contribution in [-0.4, -0.2) is 14.2 Å². The molecule has 0 aliphatic carbocycles. The molecule has 0 saturated heterocycles. The Morgan fingerprint density at radius 2 is 2.05 bits per heavy atom. The maximum atomic E-state index is 6.05. The van der Waals surface area contributed by atoms with Gasteiger partial charge < -0.3 is 10.1 Å². The van der Waals surface area contributed by atoms with Gasteiger partial charge in [-0.15, -0.1) is 0 Å². The number of methoxy groups -OCH3 is 1. The van der Waals surface area contributed by atoms with Crippen LogP contribution in [0.4, 0.5) is 0 Å². The summed E-state index contributed by atoms with van der Waals surface area (Å²) < 4.78 is 6.48. The van der Waals surface area contributed by atoms with Gasteiger partial charge in [-0.05, 0) is 43.3 Å². The molecular formula is C16H17BrClNO. The lowest BCUT2D eigenvalue weighted by atomic mass is 9.98. The van der Waals surface area contributed by atoms with Crippen LogP contribution >= 0.6 is 27.5 Å². The number of rotatable bonds is 5. The Hall–Kier alpha value is -1.03. The minimum atomic E-state index is 0.177. The molecule has 0 amide bonds. The van der Waals surface area contributed by atoms with E-state index < -0.39 is 0 Å². The zero-order chi connectivity index (χ0) is 14.5. The zero-order valence-electron chi connectivity index (χ0n) is 11.5. The van der Waals surface area contributed by atoms with Crippen LogP contribution in [0, 0.1) is 0 Å². The van der Waals surface area contributed by atoms with Gasteiger partial charge in [0.1, 0.15) is 5.75 Å². The van der Waals surface area contributed by atoms with Crippen molar-refractivity contribution in [1.82, 2.24) is 5.32 Å². The second-order valence-electron chi connectivity index (χ2n) is 4.56. The van der Waals surface area contributed by atoms with Crippen molar-refractivity contribution in [2.24, 2.45) is 0 Å². The van der Waals surface area contributed by atoms with Gasteiger partial charge in [0.25, 0.3) is 0 Å². The van der Waals surface area contributed by atoms with Crippen molar-refractivity contribution < 1.29 is 4.74 Å². The molecule has 0 fully saturated rings. The van der Waals surface area contributed by atoms with E-state index in [4.69, 9.17) is 16.3 Å². The molecule has 2 nitrogen and oxygen atoms in total. The molecule has 0 aliphatic heterocycles. The van der Waals surface area contributed by atoms with Gasteiger partial charge in [-0.2, -0.15) is 0 Å². The summed E-state index contributed by atoms with van der Waals surface area (Å²) in [6.45, 7) is 0.